The minimum atomic E-state index is -1.18. The van der Waals surface area contributed by atoms with Crippen molar-refractivity contribution in [1.29, 1.82) is 0 Å². The molecule has 5 heterocycles. The summed E-state index contributed by atoms with van der Waals surface area (Å²) in [6.45, 7) is 2.43. The van der Waals surface area contributed by atoms with Crippen LogP contribution in [-0.2, 0) is 6.54 Å². The zero-order valence-corrected chi connectivity index (χ0v) is 22.3. The van der Waals surface area contributed by atoms with Gasteiger partial charge in [-0.05, 0) is 18.2 Å². The summed E-state index contributed by atoms with van der Waals surface area (Å²) in [6.07, 6.45) is 2.03. The highest BCUT2D eigenvalue weighted by molar-refractivity contribution is 5.95. The van der Waals surface area contributed by atoms with Gasteiger partial charge in [-0.1, -0.05) is 0 Å². The second-order valence-corrected chi connectivity index (χ2v) is 9.88. The van der Waals surface area contributed by atoms with Gasteiger partial charge in [0.1, 0.15) is 11.6 Å². The van der Waals surface area contributed by atoms with E-state index in [9.17, 15) is 18.7 Å². The van der Waals surface area contributed by atoms with Crippen molar-refractivity contribution in [3.8, 4) is 11.6 Å². The molecule has 220 valence electrons. The molecule has 4 aromatic heterocycles. The number of hydrogen-bond donors (Lipinski definition) is 4. The number of rotatable bonds is 9. The van der Waals surface area contributed by atoms with E-state index in [1.54, 1.807) is 27.9 Å². The van der Waals surface area contributed by atoms with E-state index in [1.165, 1.54) is 16.8 Å². The number of fused-ring (bicyclic) bond motifs is 3. The molecule has 1 saturated heterocycles. The van der Waals surface area contributed by atoms with E-state index in [2.05, 4.69) is 30.4 Å². The molecule has 6 rings (SSSR count). The van der Waals surface area contributed by atoms with E-state index in [0.29, 0.717) is 73.6 Å². The standard InChI is InChI=1S/C26H28F2N10O4/c27-18-11-19(28)20(10-16(18)25(41)30-12-15(40)14-39)36-6-3-35(4-7-36)5-8-37-23-17(13-31-37)24-32-22(21-2-1-9-42-21)34-38(24)26(29)33-23/h1-2,9-11,13,15,39-40H,3-8,12,14H2,(H2,29,33)(H,30,41). The van der Waals surface area contributed by atoms with Gasteiger partial charge in [0.05, 0.1) is 48.4 Å². The minimum absolute atomic E-state index is 0.118. The van der Waals surface area contributed by atoms with E-state index in [-0.39, 0.29) is 23.7 Å². The molecule has 0 bridgehead atoms. The van der Waals surface area contributed by atoms with Gasteiger partial charge < -0.3 is 30.6 Å². The number of aliphatic hydroxyl groups excluding tert-OH is 2. The van der Waals surface area contributed by atoms with E-state index in [0.717, 1.165) is 0 Å². The van der Waals surface area contributed by atoms with Crippen molar-refractivity contribution in [2.75, 3.05) is 56.5 Å². The molecule has 1 atom stereocenters. The lowest BCUT2D eigenvalue weighted by Crippen LogP contribution is -2.47. The van der Waals surface area contributed by atoms with Gasteiger partial charge in [-0.25, -0.2) is 18.4 Å². The second-order valence-electron chi connectivity index (χ2n) is 9.88. The molecule has 0 aliphatic carbocycles. The number of amides is 1. The number of carbonyl (C=O) groups is 1. The number of furan rings is 1. The fourth-order valence-electron chi connectivity index (χ4n) is 4.90. The lowest BCUT2D eigenvalue weighted by Gasteiger charge is -2.36. The van der Waals surface area contributed by atoms with Crippen LogP contribution in [-0.4, -0.2) is 102 Å². The van der Waals surface area contributed by atoms with Gasteiger partial charge in [0.25, 0.3) is 5.91 Å². The maximum atomic E-state index is 14.7. The molecular formula is C26H28F2N10O4. The van der Waals surface area contributed by atoms with Crippen LogP contribution in [0, 0.1) is 11.6 Å². The van der Waals surface area contributed by atoms with Crippen molar-refractivity contribution in [2.45, 2.75) is 12.6 Å². The number of piperazine rings is 1. The number of hydrogen-bond acceptors (Lipinski definition) is 11. The summed E-state index contributed by atoms with van der Waals surface area (Å²) in [6, 6.07) is 5.36. The largest absolute Gasteiger partial charge is 0.461 e. The van der Waals surface area contributed by atoms with Gasteiger partial charge in [-0.2, -0.15) is 14.6 Å². The number of nitrogens with zero attached hydrogens (tertiary/aromatic N) is 8. The third-order valence-corrected chi connectivity index (χ3v) is 7.17. The second kappa shape index (κ2) is 11.3. The Kier molecular flexibility index (Phi) is 7.40. The molecular weight excluding hydrogens is 554 g/mol. The molecule has 0 saturated carbocycles. The van der Waals surface area contributed by atoms with Crippen molar-refractivity contribution in [2.24, 2.45) is 0 Å². The number of benzene rings is 1. The molecule has 0 radical (unpaired) electrons. The number of nitrogens with one attached hydrogen (secondary N) is 1. The third-order valence-electron chi connectivity index (χ3n) is 7.17. The Bertz CT molecular complexity index is 1730. The van der Waals surface area contributed by atoms with Gasteiger partial charge in [0.15, 0.2) is 17.1 Å². The molecule has 16 heteroatoms. The lowest BCUT2D eigenvalue weighted by atomic mass is 10.1. The van der Waals surface area contributed by atoms with E-state index >= 15 is 0 Å². The van der Waals surface area contributed by atoms with Crippen LogP contribution in [0.1, 0.15) is 10.4 Å². The minimum Gasteiger partial charge on any atom is -0.461 e. The van der Waals surface area contributed by atoms with Gasteiger partial charge in [0.2, 0.25) is 11.8 Å². The Balaban J connectivity index is 1.11. The SMILES string of the molecule is Nc1nc2c(cnn2CCN2CCN(c3cc(C(=O)NCC(O)CO)c(F)cc3F)CC2)c2nc(-c3ccco3)nn12. The number of halogens is 2. The van der Waals surface area contributed by atoms with Crippen LogP contribution in [0.25, 0.3) is 28.3 Å². The van der Waals surface area contributed by atoms with E-state index in [4.69, 9.17) is 15.3 Å². The van der Waals surface area contributed by atoms with Crippen LogP contribution in [0.3, 0.4) is 0 Å². The van der Waals surface area contributed by atoms with Crippen molar-refractivity contribution in [3.63, 3.8) is 0 Å². The quantitative estimate of drug-likeness (QED) is 0.190. The zero-order chi connectivity index (χ0) is 29.4. The Labute approximate surface area is 237 Å². The molecule has 14 nitrogen and oxygen atoms in total. The first-order chi connectivity index (χ1) is 20.3. The summed E-state index contributed by atoms with van der Waals surface area (Å²) in [4.78, 5) is 25.4. The van der Waals surface area contributed by atoms with Crippen LogP contribution in [0.5, 0.6) is 0 Å². The normalized spacial score (nSPS) is 15.1. The zero-order valence-electron chi connectivity index (χ0n) is 22.3. The van der Waals surface area contributed by atoms with Crippen LogP contribution in [0.4, 0.5) is 20.4 Å². The van der Waals surface area contributed by atoms with Crippen molar-refractivity contribution < 1.29 is 28.2 Å². The Morgan fingerprint density at radius 1 is 1.12 bits per heavy atom. The highest BCUT2D eigenvalue weighted by Crippen LogP contribution is 2.26. The van der Waals surface area contributed by atoms with Gasteiger partial charge in [-0.3, -0.25) is 9.69 Å². The van der Waals surface area contributed by atoms with Crippen molar-refractivity contribution in [1.82, 2.24) is 39.6 Å². The molecule has 0 spiro atoms. The highest BCUT2D eigenvalue weighted by Gasteiger charge is 2.24. The Morgan fingerprint density at radius 3 is 2.67 bits per heavy atom. The first-order valence-electron chi connectivity index (χ1n) is 13.3. The molecule has 1 unspecified atom stereocenters. The molecule has 42 heavy (non-hydrogen) atoms. The maximum absolute atomic E-state index is 14.7. The first kappa shape index (κ1) is 27.5. The maximum Gasteiger partial charge on any atom is 0.254 e. The average Bonchev–Trinajstić information content (AvgIpc) is 3.75. The van der Waals surface area contributed by atoms with Crippen molar-refractivity contribution in [3.05, 3.63) is 53.9 Å². The topological polar surface area (TPSA) is 176 Å². The summed E-state index contributed by atoms with van der Waals surface area (Å²) in [5.74, 6) is -1.52. The average molecular weight is 583 g/mol. The van der Waals surface area contributed by atoms with Gasteiger partial charge >= 0.3 is 0 Å². The number of aromatic nitrogens is 6. The number of carbonyl (C=O) groups excluding carboxylic acids is 1. The van der Waals surface area contributed by atoms with E-state index < -0.39 is 30.3 Å². The first-order valence-corrected chi connectivity index (χ1v) is 13.3. The molecule has 1 aliphatic rings. The smallest absolute Gasteiger partial charge is 0.254 e. The van der Waals surface area contributed by atoms with Crippen LogP contribution >= 0.6 is 0 Å². The number of anilines is 2. The lowest BCUT2D eigenvalue weighted by molar-refractivity contribution is 0.0799. The molecule has 1 amide bonds. The summed E-state index contributed by atoms with van der Waals surface area (Å²) < 4.78 is 37.7. The summed E-state index contributed by atoms with van der Waals surface area (Å²) >= 11 is 0. The Hall–Kier alpha value is -4.67. The molecule has 1 aromatic carbocycles. The summed E-state index contributed by atoms with van der Waals surface area (Å²) in [5.41, 5.74) is 7.04. The monoisotopic (exact) mass is 582 g/mol. The molecule has 1 aliphatic heterocycles. The fourth-order valence-corrected chi connectivity index (χ4v) is 4.90. The van der Waals surface area contributed by atoms with Gasteiger partial charge in [0, 0.05) is 45.3 Å². The van der Waals surface area contributed by atoms with Crippen LogP contribution in [0.2, 0.25) is 0 Å². The van der Waals surface area contributed by atoms with Gasteiger partial charge in [-0.15, -0.1) is 5.10 Å². The summed E-state index contributed by atoms with van der Waals surface area (Å²) in [7, 11) is 0. The number of nitrogens with two attached hydrogens (primary N) is 1. The molecule has 5 aromatic rings. The summed E-state index contributed by atoms with van der Waals surface area (Å²) in [5, 5.41) is 30.3. The number of nitrogen functional groups attached to an aromatic ring is 1. The predicted octanol–water partition coefficient (Wildman–Crippen LogP) is 0.500. The predicted molar refractivity (Wildman–Crippen MR) is 147 cm³/mol. The molecule has 5 N–H and O–H groups in total. The Morgan fingerprint density at radius 2 is 1.93 bits per heavy atom. The van der Waals surface area contributed by atoms with Crippen molar-refractivity contribution >= 4 is 34.2 Å². The van der Waals surface area contributed by atoms with Crippen LogP contribution < -0.4 is 16.0 Å². The van der Waals surface area contributed by atoms with E-state index in [1.807, 2.05) is 0 Å². The fraction of sp³-hybridized carbons (Fsp3) is 0.346. The highest BCUT2D eigenvalue weighted by atomic mass is 19.1. The molecule has 1 fully saturated rings. The van der Waals surface area contributed by atoms with Crippen LogP contribution in [0.15, 0.2) is 41.1 Å². The third kappa shape index (κ3) is 5.22. The number of aliphatic hydroxyl groups is 2.